The van der Waals surface area contributed by atoms with Crippen molar-refractivity contribution in [2.24, 2.45) is 0 Å². The van der Waals surface area contributed by atoms with Gasteiger partial charge in [0.2, 0.25) is 0 Å². The molecule has 0 radical (unpaired) electrons. The molecule has 17 heteroatoms. The lowest BCUT2D eigenvalue weighted by Crippen LogP contribution is -2.50. The van der Waals surface area contributed by atoms with Crippen LogP contribution in [0.25, 0.3) is 17.2 Å². The highest BCUT2D eigenvalue weighted by Crippen LogP contribution is 2.40. The van der Waals surface area contributed by atoms with Crippen molar-refractivity contribution >= 4 is 31.7 Å². The first-order chi connectivity index (χ1) is 20.0. The van der Waals surface area contributed by atoms with Crippen molar-refractivity contribution in [2.75, 3.05) is 5.32 Å². The number of hydrogen-bond acceptors (Lipinski definition) is 7. The van der Waals surface area contributed by atoms with Gasteiger partial charge >= 0.3 is 18.0 Å². The van der Waals surface area contributed by atoms with Gasteiger partial charge in [-0.3, -0.25) is 9.88 Å². The third kappa shape index (κ3) is 7.31. The summed E-state index contributed by atoms with van der Waals surface area (Å²) >= 11 is 6.01. The minimum Gasteiger partial charge on any atom is -0.465 e. The zero-order valence-corrected chi connectivity index (χ0v) is 25.7. The summed E-state index contributed by atoms with van der Waals surface area (Å²) in [5.74, 6) is 0.178. The normalized spacial score (nSPS) is 13.2. The van der Waals surface area contributed by atoms with Gasteiger partial charge in [-0.25, -0.2) is 28.9 Å². The van der Waals surface area contributed by atoms with E-state index in [1.165, 1.54) is 41.5 Å². The predicted molar refractivity (Wildman–Crippen MR) is 155 cm³/mol. The summed E-state index contributed by atoms with van der Waals surface area (Å²) < 4.78 is 51.9. The number of carbonyl (C=O) groups is 1. The Morgan fingerprint density at radius 1 is 1.12 bits per heavy atom. The van der Waals surface area contributed by atoms with Gasteiger partial charge in [0.05, 0.1) is 12.2 Å². The van der Waals surface area contributed by atoms with Crippen molar-refractivity contribution in [3.63, 3.8) is 0 Å². The third-order valence-electron chi connectivity index (χ3n) is 7.06. The van der Waals surface area contributed by atoms with E-state index in [9.17, 15) is 22.8 Å². The molecule has 1 unspecified atom stereocenters. The standard InChI is InChI=1S/C26H30ClF3N8O4Si/c1-25(2,3)43(4,5)42-19(26(28,29)30)13-36-21(16-8-10-17(27)11-9-16)35-37(24(36)41)14-20-32-15-38(34-20)22-18(33-23(39)40)7-6-12-31-22/h6-12,15,19,33H,13-14H2,1-5H3,(H,39,40). The van der Waals surface area contributed by atoms with Crippen LogP contribution >= 0.6 is 11.6 Å². The van der Waals surface area contributed by atoms with Gasteiger partial charge in [-0.2, -0.15) is 13.2 Å². The van der Waals surface area contributed by atoms with Crippen molar-refractivity contribution < 1.29 is 27.5 Å². The van der Waals surface area contributed by atoms with Gasteiger partial charge < -0.3 is 9.53 Å². The second-order valence-corrected chi connectivity index (χ2v) is 16.4. The summed E-state index contributed by atoms with van der Waals surface area (Å²) in [6.07, 6.45) is -5.65. The molecule has 0 aliphatic rings. The molecule has 0 spiro atoms. The predicted octanol–water partition coefficient (Wildman–Crippen LogP) is 5.43. The average Bonchev–Trinajstić information content (AvgIpc) is 3.48. The largest absolute Gasteiger partial charge is 0.465 e. The number of alkyl halides is 3. The Morgan fingerprint density at radius 3 is 2.40 bits per heavy atom. The second-order valence-electron chi connectivity index (χ2n) is 11.2. The lowest BCUT2D eigenvalue weighted by Gasteiger charge is -2.39. The third-order valence-corrected chi connectivity index (χ3v) is 11.8. The molecule has 43 heavy (non-hydrogen) atoms. The summed E-state index contributed by atoms with van der Waals surface area (Å²) in [5, 5.41) is 19.8. The van der Waals surface area contributed by atoms with Crippen LogP contribution in [0.3, 0.4) is 0 Å². The maximum Gasteiger partial charge on any atom is 0.415 e. The summed E-state index contributed by atoms with van der Waals surface area (Å²) in [4.78, 5) is 33.0. The van der Waals surface area contributed by atoms with Crippen LogP contribution in [0.1, 0.15) is 26.6 Å². The van der Waals surface area contributed by atoms with Crippen molar-refractivity contribution in [3.8, 4) is 17.2 Å². The lowest BCUT2D eigenvalue weighted by molar-refractivity contribution is -0.202. The van der Waals surface area contributed by atoms with Crippen LogP contribution in [-0.2, 0) is 17.5 Å². The fraction of sp³-hybridized carbons (Fsp3) is 0.385. The van der Waals surface area contributed by atoms with Crippen LogP contribution < -0.4 is 11.0 Å². The van der Waals surface area contributed by atoms with E-state index in [0.29, 0.717) is 10.6 Å². The minimum absolute atomic E-state index is 0.0214. The van der Waals surface area contributed by atoms with Gasteiger partial charge in [0.1, 0.15) is 12.9 Å². The monoisotopic (exact) mass is 638 g/mol. The fourth-order valence-electron chi connectivity index (χ4n) is 3.83. The van der Waals surface area contributed by atoms with E-state index in [2.05, 4.69) is 25.5 Å². The van der Waals surface area contributed by atoms with Gasteiger partial charge in [0.15, 0.2) is 31.9 Å². The van der Waals surface area contributed by atoms with E-state index >= 15 is 0 Å². The van der Waals surface area contributed by atoms with E-state index in [-0.39, 0.29) is 29.7 Å². The molecule has 0 aliphatic heterocycles. The Labute approximate surface area is 250 Å². The molecular formula is C26H30ClF3N8O4Si. The van der Waals surface area contributed by atoms with Crippen molar-refractivity contribution in [2.45, 2.75) is 64.3 Å². The molecule has 3 aromatic heterocycles. The maximum absolute atomic E-state index is 14.3. The summed E-state index contributed by atoms with van der Waals surface area (Å²) in [5.41, 5.74) is -0.330. The molecule has 2 N–H and O–H groups in total. The van der Waals surface area contributed by atoms with E-state index in [1.54, 1.807) is 25.2 Å². The first-order valence-corrected chi connectivity index (χ1v) is 16.3. The smallest absolute Gasteiger partial charge is 0.415 e. The second kappa shape index (κ2) is 11.9. The highest BCUT2D eigenvalue weighted by Gasteiger charge is 2.48. The Bertz CT molecular complexity index is 1660. The van der Waals surface area contributed by atoms with Crippen molar-refractivity contribution in [1.29, 1.82) is 0 Å². The fourth-order valence-corrected chi connectivity index (χ4v) is 5.22. The SMILES string of the molecule is CC(C)(C)[Si](C)(C)OC(Cn1c(-c2ccc(Cl)cc2)nn(Cc2ncn(-c3ncccc3NC(=O)O)n2)c1=O)C(F)(F)F. The molecule has 12 nitrogen and oxygen atoms in total. The number of benzene rings is 1. The number of halogens is 4. The molecule has 0 fully saturated rings. The number of amides is 1. The topological polar surface area (TPSA) is 142 Å². The highest BCUT2D eigenvalue weighted by atomic mass is 35.5. The number of anilines is 1. The number of pyridine rings is 1. The highest BCUT2D eigenvalue weighted by molar-refractivity contribution is 6.74. The van der Waals surface area contributed by atoms with Crippen LogP contribution in [0, 0.1) is 0 Å². The molecule has 0 saturated carbocycles. The molecule has 1 aromatic carbocycles. The number of hydrogen-bond donors (Lipinski definition) is 2. The molecule has 230 valence electrons. The zero-order chi connectivity index (χ0) is 31.7. The summed E-state index contributed by atoms with van der Waals surface area (Å²) in [6.45, 7) is 7.77. The van der Waals surface area contributed by atoms with Crippen LogP contribution in [0.5, 0.6) is 0 Å². The maximum atomic E-state index is 14.3. The first kappa shape index (κ1) is 31.9. The molecule has 1 atom stereocenters. The van der Waals surface area contributed by atoms with Gasteiger partial charge in [-0.05, 0) is 54.5 Å². The minimum atomic E-state index is -4.76. The van der Waals surface area contributed by atoms with Crippen molar-refractivity contribution in [1.82, 2.24) is 34.1 Å². The first-order valence-electron chi connectivity index (χ1n) is 13.0. The van der Waals surface area contributed by atoms with Crippen LogP contribution in [-0.4, -0.2) is 65.9 Å². The van der Waals surface area contributed by atoms with Gasteiger partial charge in [0.25, 0.3) is 0 Å². The van der Waals surface area contributed by atoms with Crippen LogP contribution in [0.4, 0.5) is 23.7 Å². The number of rotatable bonds is 9. The summed E-state index contributed by atoms with van der Waals surface area (Å²) in [6, 6.07) is 9.18. The molecule has 0 saturated heterocycles. The van der Waals surface area contributed by atoms with E-state index < -0.39 is 44.0 Å². The Kier molecular flexibility index (Phi) is 8.85. The van der Waals surface area contributed by atoms with E-state index in [1.807, 2.05) is 20.8 Å². The molecule has 3 heterocycles. The quantitative estimate of drug-likeness (QED) is 0.231. The molecular weight excluding hydrogens is 609 g/mol. The lowest BCUT2D eigenvalue weighted by atomic mass is 10.2. The summed E-state index contributed by atoms with van der Waals surface area (Å²) in [7, 11) is -2.90. The molecule has 4 rings (SSSR count). The molecule has 1 amide bonds. The molecule has 4 aromatic rings. The van der Waals surface area contributed by atoms with Gasteiger partial charge in [-0.1, -0.05) is 32.4 Å². The Morgan fingerprint density at radius 2 is 1.79 bits per heavy atom. The van der Waals surface area contributed by atoms with Gasteiger partial charge in [0, 0.05) is 16.8 Å². The average molecular weight is 639 g/mol. The number of aromatic nitrogens is 7. The van der Waals surface area contributed by atoms with Crippen LogP contribution in [0.15, 0.2) is 53.7 Å². The van der Waals surface area contributed by atoms with Crippen LogP contribution in [0.2, 0.25) is 23.2 Å². The van der Waals surface area contributed by atoms with E-state index in [0.717, 1.165) is 9.25 Å². The number of carboxylic acid groups (broad SMARTS) is 1. The molecule has 0 aliphatic carbocycles. The Balaban J connectivity index is 1.73. The number of nitrogens with one attached hydrogen (secondary N) is 1. The molecule has 0 bridgehead atoms. The Hall–Kier alpha value is -4.02. The zero-order valence-electron chi connectivity index (χ0n) is 23.9. The van der Waals surface area contributed by atoms with Gasteiger partial charge in [-0.15, -0.1) is 10.2 Å². The van der Waals surface area contributed by atoms with E-state index in [4.69, 9.17) is 21.1 Å². The number of nitrogens with zero attached hydrogens (tertiary/aromatic N) is 7. The van der Waals surface area contributed by atoms with Crippen molar-refractivity contribution in [3.05, 3.63) is 70.3 Å².